The molecule has 6 nitrogen and oxygen atoms in total. The Labute approximate surface area is 309 Å². The summed E-state index contributed by atoms with van der Waals surface area (Å²) in [5, 5.41) is -1.38. The molecule has 0 fully saturated rings. The van der Waals surface area contributed by atoms with Crippen molar-refractivity contribution in [1.82, 2.24) is 19.4 Å². The number of hydrogen-bond acceptors (Lipinski definition) is 5. The number of fused-ring (bicyclic) bond motifs is 1. The summed E-state index contributed by atoms with van der Waals surface area (Å²) in [7, 11) is 0. The Bertz CT molecular complexity index is 2610. The molecule has 1 aromatic heterocycles. The number of rotatable bonds is 13. The summed E-state index contributed by atoms with van der Waals surface area (Å²) in [4.78, 5) is 33.5. The van der Waals surface area contributed by atoms with E-state index in [1.165, 1.54) is 24.3 Å². The van der Waals surface area contributed by atoms with E-state index in [1.807, 2.05) is 0 Å². The molecule has 0 spiro atoms. The molecule has 0 aliphatic heterocycles. The first-order valence-corrected chi connectivity index (χ1v) is 14.9. The van der Waals surface area contributed by atoms with E-state index in [0.717, 1.165) is 45.0 Å². The first-order valence-electron chi connectivity index (χ1n) is 23.6. The smallest absolute Gasteiger partial charge is 0.333 e. The van der Waals surface area contributed by atoms with Gasteiger partial charge in [-0.05, 0) is 85.5 Å². The summed E-state index contributed by atoms with van der Waals surface area (Å²) >= 11 is -0.438. The summed E-state index contributed by atoms with van der Waals surface area (Å²) in [5.74, 6) is -3.62. The molecule has 0 saturated heterocycles. The Kier molecular flexibility index (Phi) is 5.86. The van der Waals surface area contributed by atoms with E-state index in [9.17, 15) is 26.5 Å². The van der Waals surface area contributed by atoms with Crippen LogP contribution in [0.25, 0.3) is 11.1 Å². The zero-order valence-corrected chi connectivity index (χ0v) is 26.4. The lowest BCUT2D eigenvalue weighted by atomic mass is 9.99. The normalized spacial score (nSPS) is 24.3. The maximum Gasteiger partial charge on any atom is 0.416 e. The third-order valence-corrected chi connectivity index (χ3v) is 7.83. The minimum Gasteiger partial charge on any atom is -0.333 e. The molecule has 1 aliphatic carbocycles. The highest BCUT2D eigenvalue weighted by molar-refractivity contribution is 7.98. The molecule has 0 N–H and O–H groups in total. The van der Waals surface area contributed by atoms with Crippen molar-refractivity contribution < 1.29 is 48.4 Å². The van der Waals surface area contributed by atoms with E-state index < -0.39 is 150 Å². The highest BCUT2D eigenvalue weighted by Crippen LogP contribution is 2.32. The molecule has 3 aromatic carbocycles. The van der Waals surface area contributed by atoms with Crippen LogP contribution in [0.1, 0.15) is 87.2 Å². The zero-order chi connectivity index (χ0) is 51.4. The third-order valence-electron chi connectivity index (χ3n) is 7.06. The van der Waals surface area contributed by atoms with Crippen molar-refractivity contribution in [3.8, 4) is 11.1 Å². The van der Waals surface area contributed by atoms with E-state index in [2.05, 4.69) is 4.98 Å². The molecular weight excluding hydrogens is 640 g/mol. The van der Waals surface area contributed by atoms with Crippen LogP contribution >= 0.6 is 11.8 Å². The maximum atomic E-state index is 15.2. The molecule has 0 radical (unpaired) electrons. The topological polar surface area (TPSA) is 58.4 Å². The van der Waals surface area contributed by atoms with Crippen molar-refractivity contribution in [2.24, 2.45) is 0 Å². The van der Waals surface area contributed by atoms with Crippen LogP contribution < -0.4 is 5.56 Å². The van der Waals surface area contributed by atoms with Gasteiger partial charge in [0, 0.05) is 46.5 Å². The van der Waals surface area contributed by atoms with Crippen molar-refractivity contribution in [3.63, 3.8) is 0 Å². The van der Waals surface area contributed by atoms with Crippen molar-refractivity contribution in [2.75, 3.05) is 26.1 Å². The number of nitrogens with zero attached hydrogens (tertiary/aromatic N) is 4. The van der Waals surface area contributed by atoms with Gasteiger partial charge >= 0.3 is 6.18 Å². The second kappa shape index (κ2) is 15.5. The average molecular weight is 700 g/mol. The van der Waals surface area contributed by atoms with Crippen LogP contribution in [0, 0.1) is 5.82 Å². The van der Waals surface area contributed by atoms with Gasteiger partial charge in [-0.2, -0.15) is 18.2 Å². The molecule has 1 amide bonds. The number of carbonyl (C=O) groups is 1. The van der Waals surface area contributed by atoms with E-state index in [1.54, 1.807) is 0 Å². The summed E-state index contributed by atoms with van der Waals surface area (Å²) < 4.78 is 218. The van der Waals surface area contributed by atoms with Gasteiger partial charge in [0.25, 0.3) is 5.56 Å². The summed E-state index contributed by atoms with van der Waals surface area (Å²) in [6.07, 6.45) is -15.9. The number of halogens is 4. The van der Waals surface area contributed by atoms with Gasteiger partial charge in [-0.1, -0.05) is 74.1 Å². The Morgan fingerprint density at radius 3 is 2.27 bits per heavy atom. The minimum absolute atomic E-state index is 0.135. The molecule has 1 heterocycles. The largest absolute Gasteiger partial charge is 0.416 e. The summed E-state index contributed by atoms with van der Waals surface area (Å²) in [6, 6.07) is 1.21. The quantitative estimate of drug-likeness (QED) is 0.0811. The van der Waals surface area contributed by atoms with Gasteiger partial charge in [0.1, 0.15) is 12.3 Å². The van der Waals surface area contributed by atoms with Gasteiger partial charge in [-0.15, -0.1) is 0 Å². The number of amides is 1. The lowest BCUT2D eigenvalue weighted by Crippen LogP contribution is -2.42. The van der Waals surface area contributed by atoms with Crippen molar-refractivity contribution in [2.45, 2.75) is 69.4 Å². The number of hydrogen-bond donors (Lipinski definition) is 0. The molecule has 254 valence electrons. The number of alkyl halides is 3. The third kappa shape index (κ3) is 8.36. The Hall–Kier alpha value is -3.96. The van der Waals surface area contributed by atoms with E-state index in [4.69, 9.17) is 21.9 Å². The number of benzene rings is 3. The summed E-state index contributed by atoms with van der Waals surface area (Å²) in [6.45, 7) is -7.92. The SMILES string of the molecule is [2H]c1c([2H])c(C([2H])([2H])Sc2nc(=O)c3c(n2C([2H])([2H])C(=O)N(CCN(C([2H])([2H])C)C([2H])([2H])C)C([2H])(C)c2ccc(-c4ccc(C(F)(F)F)cc4)cc2)C([2H])([2H])C([2H])([2H])C3([2H])[2H])c([2H])c([2H])c1F. The fourth-order valence-electron chi connectivity index (χ4n) is 4.53. The molecule has 1 unspecified atom stereocenters. The predicted molar refractivity (Wildman–Crippen MR) is 181 cm³/mol. The predicted octanol–water partition coefficient (Wildman–Crippen LogP) is 7.78. The number of thioether (sulfide) groups is 1. The lowest BCUT2D eigenvalue weighted by molar-refractivity contribution is -0.137. The molecule has 1 aliphatic rings. The molecule has 5 rings (SSSR count). The molecule has 48 heavy (non-hydrogen) atoms. The van der Waals surface area contributed by atoms with E-state index >= 15 is 4.79 Å². The van der Waals surface area contributed by atoms with Crippen LogP contribution in [0.15, 0.2) is 82.7 Å². The molecule has 1 atom stereocenters. The number of carbonyl (C=O) groups excluding carboxylic acids is 1. The van der Waals surface area contributed by atoms with Gasteiger partial charge in [-0.25, -0.2) is 4.39 Å². The van der Waals surface area contributed by atoms with Gasteiger partial charge in [0.05, 0.1) is 21.2 Å². The van der Waals surface area contributed by atoms with Crippen LogP contribution in [0.5, 0.6) is 0 Å². The molecule has 0 saturated carbocycles. The van der Waals surface area contributed by atoms with Crippen LogP contribution in [0.2, 0.25) is 0 Å². The van der Waals surface area contributed by atoms with Gasteiger partial charge in [-0.3, -0.25) is 9.59 Å². The molecule has 4 aromatic rings. The molecule has 11 heteroatoms. The fraction of sp³-hybridized carbons (Fsp3) is 0.378. The van der Waals surface area contributed by atoms with Gasteiger partial charge < -0.3 is 14.4 Å². The second-order valence-electron chi connectivity index (χ2n) is 9.93. The second-order valence-corrected chi connectivity index (χ2v) is 10.7. The first-order chi connectivity index (χ1) is 30.1. The molecular formula is C37H40F4N4O2S. The monoisotopic (exact) mass is 699 g/mol. The number of aromatic nitrogens is 2. The minimum atomic E-state index is -4.64. The lowest BCUT2D eigenvalue weighted by Gasteiger charge is -2.33. The Balaban J connectivity index is 1.78. The Morgan fingerprint density at radius 1 is 1.04 bits per heavy atom. The average Bonchev–Trinajstić information content (AvgIpc) is 3.29. The van der Waals surface area contributed by atoms with Crippen molar-refractivity contribution in [3.05, 3.63) is 117 Å². The van der Waals surface area contributed by atoms with Crippen LogP contribution in [-0.4, -0.2) is 51.3 Å². The van der Waals surface area contributed by atoms with Gasteiger partial charge in [0.2, 0.25) is 5.91 Å². The number of likely N-dealkylation sites (N-methyl/N-ethyl adjacent to an activating group) is 1. The highest BCUT2D eigenvalue weighted by Gasteiger charge is 2.30. The highest BCUT2D eigenvalue weighted by atomic mass is 32.2. The van der Waals surface area contributed by atoms with E-state index in [0.29, 0.717) is 15.4 Å². The fourth-order valence-corrected chi connectivity index (χ4v) is 5.18. The maximum absolute atomic E-state index is 15.2. The zero-order valence-electron chi connectivity index (χ0n) is 44.6. The first kappa shape index (κ1) is 18.2. The van der Waals surface area contributed by atoms with Crippen molar-refractivity contribution in [1.29, 1.82) is 0 Å². The van der Waals surface area contributed by atoms with Crippen LogP contribution in [-0.2, 0) is 35.9 Å². The van der Waals surface area contributed by atoms with Crippen molar-refractivity contribution >= 4 is 17.7 Å². The summed E-state index contributed by atoms with van der Waals surface area (Å²) in [5.41, 5.74) is -9.97. The molecule has 0 bridgehead atoms. The Morgan fingerprint density at radius 2 is 1.67 bits per heavy atom. The van der Waals surface area contributed by atoms with Crippen LogP contribution in [0.3, 0.4) is 0 Å². The van der Waals surface area contributed by atoms with Crippen LogP contribution in [0.4, 0.5) is 17.6 Å². The van der Waals surface area contributed by atoms with Gasteiger partial charge in [0.15, 0.2) is 5.16 Å². The van der Waals surface area contributed by atoms with E-state index in [-0.39, 0.29) is 15.7 Å². The standard InChI is InChI=1S/C37H40F4N4O2S/c1-4-43(5-2)21-22-44(25(3)27-11-13-28(14-12-27)29-15-17-30(18-16-29)37(39,40)41)34(46)23-45-33-8-6-7-32(33)35(47)42-36(45)48-24-26-9-19-31(38)20-10-26/h9-20,25H,4-8,21-24H2,1-3H3/i4D2,5D2,6D2,7D2,8D2,9D,10D,19D,20D,23D2,24D2,25D.